The third-order valence-electron chi connectivity index (χ3n) is 3.45. The van der Waals surface area contributed by atoms with Crippen molar-refractivity contribution in [2.75, 3.05) is 11.1 Å². The van der Waals surface area contributed by atoms with E-state index in [9.17, 15) is 4.79 Å². The number of anilines is 1. The molecule has 0 fully saturated rings. The summed E-state index contributed by atoms with van der Waals surface area (Å²) in [5.41, 5.74) is 3.52. The molecule has 0 aliphatic heterocycles. The zero-order valence-corrected chi connectivity index (χ0v) is 15.3. The summed E-state index contributed by atoms with van der Waals surface area (Å²) in [6.45, 7) is 3.88. The molecule has 2 N–H and O–H groups in total. The van der Waals surface area contributed by atoms with Gasteiger partial charge in [0.1, 0.15) is 0 Å². The Morgan fingerprint density at radius 3 is 2.76 bits per heavy atom. The molecule has 0 spiro atoms. The average molecular weight is 374 g/mol. The van der Waals surface area contributed by atoms with E-state index in [0.29, 0.717) is 21.7 Å². The van der Waals surface area contributed by atoms with E-state index in [1.807, 2.05) is 38.1 Å². The zero-order valence-electron chi connectivity index (χ0n) is 13.7. The fourth-order valence-corrected chi connectivity index (χ4v) is 3.30. The molecule has 6 nitrogen and oxygen atoms in total. The lowest BCUT2D eigenvalue weighted by atomic mass is 10.1. The van der Waals surface area contributed by atoms with E-state index >= 15 is 0 Å². The van der Waals surface area contributed by atoms with Crippen molar-refractivity contribution in [2.24, 2.45) is 0 Å². The van der Waals surface area contributed by atoms with Crippen LogP contribution < -0.4 is 5.32 Å². The van der Waals surface area contributed by atoms with Crippen LogP contribution in [0.1, 0.15) is 11.1 Å². The van der Waals surface area contributed by atoms with Gasteiger partial charge in [-0.2, -0.15) is 0 Å². The molecule has 0 unspecified atom stereocenters. The van der Waals surface area contributed by atoms with Gasteiger partial charge in [-0.15, -0.1) is 5.10 Å². The fraction of sp³-hybridized carbons (Fsp3) is 0.176. The van der Waals surface area contributed by atoms with Gasteiger partial charge in [-0.05, 0) is 43.2 Å². The molecule has 0 bridgehead atoms. The summed E-state index contributed by atoms with van der Waals surface area (Å²) in [5, 5.41) is 10.9. The van der Waals surface area contributed by atoms with Crippen molar-refractivity contribution in [3.05, 3.63) is 52.8 Å². The highest BCUT2D eigenvalue weighted by Crippen LogP contribution is 2.27. The summed E-state index contributed by atoms with van der Waals surface area (Å²) in [7, 11) is 0. The number of halogens is 1. The zero-order chi connectivity index (χ0) is 17.8. The van der Waals surface area contributed by atoms with E-state index in [0.717, 1.165) is 16.7 Å². The van der Waals surface area contributed by atoms with Crippen LogP contribution in [0.5, 0.6) is 0 Å². The SMILES string of the molecule is Cc1cc(C)c(NC(=O)CSc2n[nH]c(-c3ccncc3)n2)c(Cl)c1. The molecule has 8 heteroatoms. The lowest BCUT2D eigenvalue weighted by Gasteiger charge is -2.11. The number of H-pyrrole nitrogens is 1. The molecular formula is C17H16ClN5OS. The molecule has 0 saturated carbocycles. The second-order valence-electron chi connectivity index (χ2n) is 5.48. The number of aromatic amines is 1. The smallest absolute Gasteiger partial charge is 0.234 e. The summed E-state index contributed by atoms with van der Waals surface area (Å²) in [5.74, 6) is 0.675. The predicted molar refractivity (Wildman–Crippen MR) is 99.9 cm³/mol. The minimum absolute atomic E-state index is 0.158. The summed E-state index contributed by atoms with van der Waals surface area (Å²) in [6.07, 6.45) is 3.37. The summed E-state index contributed by atoms with van der Waals surface area (Å²) in [6, 6.07) is 7.48. The molecule has 2 heterocycles. The quantitative estimate of drug-likeness (QED) is 0.663. The molecule has 3 rings (SSSR count). The standard InChI is InChI=1S/C17H16ClN5OS/c1-10-7-11(2)15(13(18)8-10)20-14(24)9-25-17-21-16(22-23-17)12-3-5-19-6-4-12/h3-8H,9H2,1-2H3,(H,20,24)(H,21,22,23). The topological polar surface area (TPSA) is 83.6 Å². The van der Waals surface area contributed by atoms with E-state index in [1.54, 1.807) is 12.4 Å². The lowest BCUT2D eigenvalue weighted by Crippen LogP contribution is -2.15. The van der Waals surface area contributed by atoms with Crippen molar-refractivity contribution in [1.29, 1.82) is 0 Å². The minimum Gasteiger partial charge on any atom is -0.324 e. The number of carbonyl (C=O) groups excluding carboxylic acids is 1. The lowest BCUT2D eigenvalue weighted by molar-refractivity contribution is -0.113. The number of hydrogen-bond donors (Lipinski definition) is 2. The molecule has 128 valence electrons. The van der Waals surface area contributed by atoms with Crippen molar-refractivity contribution in [3.63, 3.8) is 0 Å². The van der Waals surface area contributed by atoms with Crippen LogP contribution in [0.4, 0.5) is 5.69 Å². The van der Waals surface area contributed by atoms with E-state index in [4.69, 9.17) is 11.6 Å². The first-order chi connectivity index (χ1) is 12.0. The molecule has 3 aromatic rings. The Labute approximate surface area is 154 Å². The van der Waals surface area contributed by atoms with E-state index < -0.39 is 0 Å². The monoisotopic (exact) mass is 373 g/mol. The van der Waals surface area contributed by atoms with Crippen molar-refractivity contribution in [2.45, 2.75) is 19.0 Å². The largest absolute Gasteiger partial charge is 0.324 e. The molecule has 0 aliphatic carbocycles. The number of hydrogen-bond acceptors (Lipinski definition) is 5. The van der Waals surface area contributed by atoms with Crippen LogP contribution in [0.15, 0.2) is 41.8 Å². The molecular weight excluding hydrogens is 358 g/mol. The van der Waals surface area contributed by atoms with Gasteiger partial charge in [0.05, 0.1) is 16.5 Å². The maximum Gasteiger partial charge on any atom is 0.234 e. The van der Waals surface area contributed by atoms with Crippen LogP contribution >= 0.6 is 23.4 Å². The Bertz CT molecular complexity index is 874. The highest BCUT2D eigenvalue weighted by Gasteiger charge is 2.12. The first-order valence-corrected chi connectivity index (χ1v) is 8.91. The number of aryl methyl sites for hydroxylation is 2. The Kier molecular flexibility index (Phi) is 5.35. The Balaban J connectivity index is 1.61. The van der Waals surface area contributed by atoms with Gasteiger partial charge < -0.3 is 5.32 Å². The third-order valence-corrected chi connectivity index (χ3v) is 4.59. The van der Waals surface area contributed by atoms with Crippen LogP contribution in [0.3, 0.4) is 0 Å². The van der Waals surface area contributed by atoms with Crippen molar-refractivity contribution in [3.8, 4) is 11.4 Å². The van der Waals surface area contributed by atoms with E-state index in [1.165, 1.54) is 11.8 Å². The van der Waals surface area contributed by atoms with Crippen molar-refractivity contribution >= 4 is 35.0 Å². The molecule has 0 aliphatic rings. The van der Waals surface area contributed by atoms with Crippen LogP contribution in [0.25, 0.3) is 11.4 Å². The van der Waals surface area contributed by atoms with Crippen molar-refractivity contribution in [1.82, 2.24) is 20.2 Å². The van der Waals surface area contributed by atoms with Crippen LogP contribution in [-0.2, 0) is 4.79 Å². The number of benzene rings is 1. The van der Waals surface area contributed by atoms with Gasteiger partial charge in [-0.3, -0.25) is 14.9 Å². The summed E-state index contributed by atoms with van der Waals surface area (Å²) in [4.78, 5) is 20.5. The van der Waals surface area contributed by atoms with Gasteiger partial charge in [0.2, 0.25) is 11.1 Å². The fourth-order valence-electron chi connectivity index (χ4n) is 2.33. The second-order valence-corrected chi connectivity index (χ2v) is 6.83. The molecule has 2 aromatic heterocycles. The Morgan fingerprint density at radius 2 is 2.04 bits per heavy atom. The number of amides is 1. The normalized spacial score (nSPS) is 10.7. The number of pyridine rings is 1. The van der Waals surface area contributed by atoms with Gasteiger partial charge in [0, 0.05) is 18.0 Å². The van der Waals surface area contributed by atoms with Gasteiger partial charge >= 0.3 is 0 Å². The summed E-state index contributed by atoms with van der Waals surface area (Å²) >= 11 is 7.46. The number of thioether (sulfide) groups is 1. The van der Waals surface area contributed by atoms with Gasteiger partial charge in [0.15, 0.2) is 5.82 Å². The molecule has 25 heavy (non-hydrogen) atoms. The van der Waals surface area contributed by atoms with E-state index in [-0.39, 0.29) is 11.7 Å². The Morgan fingerprint density at radius 1 is 1.28 bits per heavy atom. The van der Waals surface area contributed by atoms with Gasteiger partial charge in [0.25, 0.3) is 0 Å². The Hall–Kier alpha value is -2.38. The van der Waals surface area contributed by atoms with Crippen LogP contribution in [0, 0.1) is 13.8 Å². The molecule has 1 amide bonds. The minimum atomic E-state index is -0.158. The summed E-state index contributed by atoms with van der Waals surface area (Å²) < 4.78 is 0. The molecule has 1 aromatic carbocycles. The van der Waals surface area contributed by atoms with Crippen molar-refractivity contribution < 1.29 is 4.79 Å². The average Bonchev–Trinajstić information content (AvgIpc) is 3.06. The predicted octanol–water partition coefficient (Wildman–Crippen LogP) is 3.87. The highest BCUT2D eigenvalue weighted by molar-refractivity contribution is 7.99. The molecule has 0 saturated heterocycles. The van der Waals surface area contributed by atoms with Crippen LogP contribution in [0.2, 0.25) is 5.02 Å². The number of nitrogens with one attached hydrogen (secondary N) is 2. The number of carbonyl (C=O) groups is 1. The number of rotatable bonds is 5. The van der Waals surface area contributed by atoms with Gasteiger partial charge in [-0.25, -0.2) is 4.98 Å². The van der Waals surface area contributed by atoms with Crippen LogP contribution in [-0.4, -0.2) is 31.8 Å². The first-order valence-electron chi connectivity index (χ1n) is 7.55. The first kappa shape index (κ1) is 17.4. The second kappa shape index (κ2) is 7.67. The third kappa shape index (κ3) is 4.37. The highest BCUT2D eigenvalue weighted by atomic mass is 35.5. The maximum absolute atomic E-state index is 12.2. The number of nitrogens with zero attached hydrogens (tertiary/aromatic N) is 3. The molecule has 0 radical (unpaired) electrons. The van der Waals surface area contributed by atoms with Gasteiger partial charge in [-0.1, -0.05) is 29.4 Å². The molecule has 0 atom stereocenters. The maximum atomic E-state index is 12.2. The van der Waals surface area contributed by atoms with E-state index in [2.05, 4.69) is 25.5 Å². The number of aromatic nitrogens is 4.